The Morgan fingerprint density at radius 2 is 1.70 bits per heavy atom. The molecule has 0 radical (unpaired) electrons. The van der Waals surface area contributed by atoms with Crippen LogP contribution in [0.2, 0.25) is 0 Å². The molecule has 172 valence electrons. The summed E-state index contributed by atoms with van der Waals surface area (Å²) in [5.74, 6) is 5.34. The number of aliphatic hydroxyl groups is 1. The third-order valence-corrected chi connectivity index (χ3v) is 11.3. The Balaban J connectivity index is 1.43. The van der Waals surface area contributed by atoms with Gasteiger partial charge in [-0.25, -0.2) is 0 Å². The van der Waals surface area contributed by atoms with Crippen LogP contribution in [0.4, 0.5) is 0 Å². The van der Waals surface area contributed by atoms with Crippen molar-refractivity contribution in [2.75, 3.05) is 0 Å². The van der Waals surface area contributed by atoms with Gasteiger partial charge < -0.3 is 10.5 Å². The van der Waals surface area contributed by atoms with Gasteiger partial charge in [-0.3, -0.25) is 0 Å². The Kier molecular flexibility index (Phi) is 6.23. The third kappa shape index (κ3) is 3.82. The van der Waals surface area contributed by atoms with Gasteiger partial charge in [-0.05, 0) is 116 Å². The van der Waals surface area contributed by atoms with Crippen LogP contribution in [0.5, 0.6) is 0 Å². The summed E-state index contributed by atoms with van der Waals surface area (Å²) in [5.41, 5.74) is 1.14. The summed E-state index contributed by atoms with van der Waals surface area (Å²) in [7, 11) is 0. The number of hydrogen-bond donors (Lipinski definition) is 2. The molecule has 2 heteroatoms. The van der Waals surface area contributed by atoms with E-state index in [9.17, 15) is 5.11 Å². The van der Waals surface area contributed by atoms with Crippen LogP contribution in [0.1, 0.15) is 112 Å². The van der Waals surface area contributed by atoms with Gasteiger partial charge in [0.2, 0.25) is 0 Å². The first-order valence-corrected chi connectivity index (χ1v) is 13.3. The molecular formula is C28H49NO. The van der Waals surface area contributed by atoms with E-state index in [2.05, 4.69) is 34.6 Å². The average molecular weight is 416 g/mol. The van der Waals surface area contributed by atoms with E-state index < -0.39 is 0 Å². The molecule has 0 bridgehead atoms. The number of hydrogen-bond acceptors (Lipinski definition) is 2. The van der Waals surface area contributed by atoms with Gasteiger partial charge in [0.05, 0.1) is 6.10 Å². The highest BCUT2D eigenvalue weighted by Crippen LogP contribution is 2.68. The van der Waals surface area contributed by atoms with Crippen LogP contribution >= 0.6 is 0 Å². The molecule has 0 saturated heterocycles. The summed E-state index contributed by atoms with van der Waals surface area (Å²) in [6, 6.07) is 0. The molecule has 4 saturated carbocycles. The number of rotatable bonds is 6. The second-order valence-corrected chi connectivity index (χ2v) is 13.3. The molecule has 0 aromatic rings. The van der Waals surface area contributed by atoms with E-state index in [1.165, 1.54) is 57.8 Å². The minimum absolute atomic E-state index is 0.0252. The van der Waals surface area contributed by atoms with Gasteiger partial charge in [-0.2, -0.15) is 0 Å². The minimum atomic E-state index is -0.0252. The van der Waals surface area contributed by atoms with Crippen molar-refractivity contribution in [3.05, 3.63) is 0 Å². The molecule has 0 aromatic carbocycles. The Morgan fingerprint density at radius 1 is 1.00 bits per heavy atom. The van der Waals surface area contributed by atoms with E-state index in [1.807, 2.05) is 0 Å². The zero-order chi connectivity index (χ0) is 21.7. The minimum Gasteiger partial charge on any atom is -0.393 e. The molecule has 4 fully saturated rings. The molecule has 2 nitrogen and oxygen atoms in total. The van der Waals surface area contributed by atoms with Crippen LogP contribution in [-0.2, 0) is 0 Å². The van der Waals surface area contributed by atoms with Crippen molar-refractivity contribution >= 4 is 6.21 Å². The fraction of sp³-hybridized carbons (Fsp3) is 0.964. The maximum Gasteiger partial charge on any atom is 0.0543 e. The highest BCUT2D eigenvalue weighted by molar-refractivity contribution is 5.60. The van der Waals surface area contributed by atoms with E-state index in [-0.39, 0.29) is 11.5 Å². The average Bonchev–Trinajstić information content (AvgIpc) is 3.05. The second kappa shape index (κ2) is 8.20. The summed E-state index contributed by atoms with van der Waals surface area (Å²) in [6.07, 6.45) is 17.4. The van der Waals surface area contributed by atoms with Crippen molar-refractivity contribution in [2.45, 2.75) is 118 Å². The largest absolute Gasteiger partial charge is 0.393 e. The molecule has 4 aliphatic rings. The Bertz CT molecular complexity index is 628. The van der Waals surface area contributed by atoms with Crippen molar-refractivity contribution in [1.29, 1.82) is 5.41 Å². The second-order valence-electron chi connectivity index (χ2n) is 13.3. The molecule has 4 rings (SSSR count). The van der Waals surface area contributed by atoms with Gasteiger partial charge in [-0.1, -0.05) is 47.5 Å². The highest BCUT2D eigenvalue weighted by atomic mass is 16.3. The summed E-state index contributed by atoms with van der Waals surface area (Å²) in [4.78, 5) is 0. The molecule has 0 aromatic heterocycles. The first kappa shape index (κ1) is 22.8. The van der Waals surface area contributed by atoms with Crippen LogP contribution in [0, 0.1) is 57.2 Å². The molecule has 30 heavy (non-hydrogen) atoms. The lowest BCUT2D eigenvalue weighted by Crippen LogP contribution is -2.54. The van der Waals surface area contributed by atoms with Crippen molar-refractivity contribution < 1.29 is 5.11 Å². The zero-order valence-electron chi connectivity index (χ0n) is 20.6. The maximum atomic E-state index is 10.3. The molecule has 0 unspecified atom stereocenters. The lowest BCUT2D eigenvalue weighted by Gasteiger charge is -2.61. The van der Waals surface area contributed by atoms with Crippen LogP contribution in [0.15, 0.2) is 0 Å². The number of aliphatic hydroxyl groups excluding tert-OH is 1. The first-order valence-electron chi connectivity index (χ1n) is 13.3. The van der Waals surface area contributed by atoms with E-state index in [4.69, 9.17) is 5.41 Å². The highest BCUT2D eigenvalue weighted by Gasteiger charge is 2.60. The first-order chi connectivity index (χ1) is 14.1. The van der Waals surface area contributed by atoms with Crippen molar-refractivity contribution in [3.63, 3.8) is 0 Å². The fourth-order valence-corrected chi connectivity index (χ4v) is 9.36. The number of nitrogens with one attached hydrogen (secondary N) is 1. The van der Waals surface area contributed by atoms with Crippen LogP contribution in [0.25, 0.3) is 0 Å². The maximum absolute atomic E-state index is 10.3. The van der Waals surface area contributed by atoms with Gasteiger partial charge in [0.25, 0.3) is 0 Å². The molecule has 0 spiro atoms. The lowest BCUT2D eigenvalue weighted by atomic mass is 9.44. The van der Waals surface area contributed by atoms with Crippen molar-refractivity contribution in [1.82, 2.24) is 0 Å². The van der Waals surface area contributed by atoms with Crippen LogP contribution < -0.4 is 0 Å². The summed E-state index contributed by atoms with van der Waals surface area (Å²) in [5, 5.41) is 17.9. The van der Waals surface area contributed by atoms with E-state index in [0.29, 0.717) is 10.8 Å². The molecule has 0 aliphatic heterocycles. The summed E-state index contributed by atoms with van der Waals surface area (Å²) < 4.78 is 0. The fourth-order valence-electron chi connectivity index (χ4n) is 9.36. The van der Waals surface area contributed by atoms with Gasteiger partial charge in [0, 0.05) is 6.21 Å². The molecule has 2 N–H and O–H groups in total. The van der Waals surface area contributed by atoms with Crippen molar-refractivity contribution in [3.8, 4) is 0 Å². The Morgan fingerprint density at radius 3 is 2.43 bits per heavy atom. The normalized spacial score (nSPS) is 47.1. The Labute approximate surface area is 186 Å². The third-order valence-electron chi connectivity index (χ3n) is 11.3. The zero-order valence-corrected chi connectivity index (χ0v) is 20.6. The monoisotopic (exact) mass is 415 g/mol. The van der Waals surface area contributed by atoms with Crippen molar-refractivity contribution in [2.24, 2.45) is 51.8 Å². The molecule has 9 atom stereocenters. The van der Waals surface area contributed by atoms with Gasteiger partial charge in [0.15, 0.2) is 0 Å². The Hall–Kier alpha value is -0.370. The van der Waals surface area contributed by atoms with Crippen LogP contribution in [0.3, 0.4) is 0 Å². The molecule has 4 aliphatic carbocycles. The number of fused-ring (bicyclic) bond motifs is 5. The molecule has 0 amide bonds. The van der Waals surface area contributed by atoms with Gasteiger partial charge in [-0.15, -0.1) is 0 Å². The van der Waals surface area contributed by atoms with E-state index in [0.717, 1.165) is 54.8 Å². The predicted octanol–water partition coefficient (Wildman–Crippen LogP) is 7.49. The van der Waals surface area contributed by atoms with E-state index in [1.54, 1.807) is 6.21 Å². The topological polar surface area (TPSA) is 44.1 Å². The summed E-state index contributed by atoms with van der Waals surface area (Å²) in [6.45, 7) is 12.3. The van der Waals surface area contributed by atoms with Gasteiger partial charge >= 0.3 is 0 Å². The predicted molar refractivity (Wildman–Crippen MR) is 127 cm³/mol. The lowest BCUT2D eigenvalue weighted by molar-refractivity contribution is -0.129. The molecule has 0 heterocycles. The molecular weight excluding hydrogens is 366 g/mol. The standard InChI is InChI=1S/C28H49NO/c1-19(7-6-14-26(2,3)18-29)23-10-11-24-22-9-8-20-17-21(30)12-15-27(20,4)25(22)13-16-28(23,24)5/h18-25,29-30H,6-17H2,1-5H3/t19-,20+,21+,22+,23-,24+,25+,27+,28-/m1/s1. The smallest absolute Gasteiger partial charge is 0.0543 e. The SMILES string of the molecule is C[C@H](CCCC(C)(C)C=N)[C@H]1CC[C@H]2[C@@H]3CC[C@H]4C[C@@H](O)CC[C@]4(C)[C@H]3CC[C@]12C. The van der Waals surface area contributed by atoms with Gasteiger partial charge in [0.1, 0.15) is 0 Å². The van der Waals surface area contributed by atoms with E-state index >= 15 is 0 Å². The quantitative estimate of drug-likeness (QED) is 0.434. The van der Waals surface area contributed by atoms with Crippen LogP contribution in [-0.4, -0.2) is 17.4 Å². The summed E-state index contributed by atoms with van der Waals surface area (Å²) >= 11 is 0.